The van der Waals surface area contributed by atoms with Crippen molar-refractivity contribution in [2.45, 2.75) is 43.7 Å². The van der Waals surface area contributed by atoms with Crippen LogP contribution in [0.15, 0.2) is 48.5 Å². The summed E-state index contributed by atoms with van der Waals surface area (Å²) in [6.07, 6.45) is -5.77. The summed E-state index contributed by atoms with van der Waals surface area (Å²) in [7, 11) is 1.31. The Bertz CT molecular complexity index is 1450. The summed E-state index contributed by atoms with van der Waals surface area (Å²) in [5.41, 5.74) is 1.12. The zero-order valence-electron chi connectivity index (χ0n) is 23.1. The lowest BCUT2D eigenvalue weighted by Gasteiger charge is -2.31. The summed E-state index contributed by atoms with van der Waals surface area (Å²) >= 11 is 0. The van der Waals surface area contributed by atoms with Crippen molar-refractivity contribution in [3.8, 4) is 28.5 Å². The molecule has 0 fully saturated rings. The van der Waals surface area contributed by atoms with E-state index in [2.05, 4.69) is 10.3 Å². The van der Waals surface area contributed by atoms with Gasteiger partial charge >= 0.3 is 6.18 Å². The topological polar surface area (TPSA) is 136 Å². The Labute approximate surface area is 239 Å². The molecule has 0 spiro atoms. The van der Waals surface area contributed by atoms with Crippen LogP contribution in [0, 0.1) is 5.82 Å². The molecule has 0 saturated carbocycles. The molecule has 3 aromatic rings. The molecule has 4 rings (SSSR count). The van der Waals surface area contributed by atoms with Crippen molar-refractivity contribution in [3.63, 3.8) is 0 Å². The largest absolute Gasteiger partial charge is 0.493 e. The first-order valence-corrected chi connectivity index (χ1v) is 13.0. The SMILES string of the molecule is CC[C@@]1(N)COc2c1cc(C(O)(CNC(=O)c1ccc(OC[C@@H](C)O)c(OC)c1)C(F)(F)F)nc2-c1ccc(F)cc1. The number of nitrogens with one attached hydrogen (secondary N) is 1. The summed E-state index contributed by atoms with van der Waals surface area (Å²) < 4.78 is 73.7. The zero-order chi connectivity index (χ0) is 30.9. The monoisotopic (exact) mass is 593 g/mol. The minimum absolute atomic E-state index is 0.0435. The third-order valence-corrected chi connectivity index (χ3v) is 7.04. The quantitative estimate of drug-likeness (QED) is 0.261. The molecule has 1 unspecified atom stereocenters. The molecule has 5 N–H and O–H groups in total. The third-order valence-electron chi connectivity index (χ3n) is 7.04. The first-order valence-electron chi connectivity index (χ1n) is 13.0. The molecule has 0 radical (unpaired) electrons. The number of hydrogen-bond acceptors (Lipinski definition) is 8. The van der Waals surface area contributed by atoms with Gasteiger partial charge in [0.15, 0.2) is 17.2 Å². The fourth-order valence-electron chi connectivity index (χ4n) is 4.42. The molecular formula is C29H31F4N3O6. The Morgan fingerprint density at radius 2 is 1.88 bits per heavy atom. The Balaban J connectivity index is 1.71. The van der Waals surface area contributed by atoms with Crippen LogP contribution in [0.1, 0.15) is 41.9 Å². The minimum atomic E-state index is -5.29. The van der Waals surface area contributed by atoms with Crippen LogP contribution >= 0.6 is 0 Å². The number of methoxy groups -OCH3 is 1. The van der Waals surface area contributed by atoms with Crippen molar-refractivity contribution in [1.29, 1.82) is 0 Å². The number of aliphatic hydroxyl groups is 2. The number of rotatable bonds is 10. The highest BCUT2D eigenvalue weighted by Gasteiger charge is 2.57. The molecule has 226 valence electrons. The lowest BCUT2D eigenvalue weighted by atomic mass is 9.86. The Hall–Kier alpha value is -3.94. The minimum Gasteiger partial charge on any atom is -0.493 e. The van der Waals surface area contributed by atoms with Crippen LogP contribution in [0.5, 0.6) is 17.2 Å². The number of hydrogen-bond donors (Lipinski definition) is 4. The molecule has 1 amide bonds. The zero-order valence-corrected chi connectivity index (χ0v) is 23.1. The smallest absolute Gasteiger partial charge is 0.424 e. The van der Waals surface area contributed by atoms with Crippen molar-refractivity contribution in [3.05, 3.63) is 71.2 Å². The maximum absolute atomic E-state index is 14.6. The van der Waals surface area contributed by atoms with Crippen LogP contribution in [0.2, 0.25) is 0 Å². The molecular weight excluding hydrogens is 562 g/mol. The van der Waals surface area contributed by atoms with Crippen molar-refractivity contribution in [2.24, 2.45) is 5.73 Å². The molecule has 2 aromatic carbocycles. The highest BCUT2D eigenvalue weighted by molar-refractivity contribution is 5.95. The molecule has 0 bridgehead atoms. The predicted molar refractivity (Wildman–Crippen MR) is 144 cm³/mol. The van der Waals surface area contributed by atoms with E-state index >= 15 is 0 Å². The second kappa shape index (κ2) is 11.7. The highest BCUT2D eigenvalue weighted by Crippen LogP contribution is 2.47. The summed E-state index contributed by atoms with van der Waals surface area (Å²) in [6, 6.07) is 9.83. The molecule has 1 aliphatic rings. The molecule has 1 aromatic heterocycles. The Morgan fingerprint density at radius 1 is 1.19 bits per heavy atom. The second-order valence-corrected chi connectivity index (χ2v) is 10.1. The average molecular weight is 594 g/mol. The molecule has 13 heteroatoms. The van der Waals surface area contributed by atoms with Crippen LogP contribution in [0.3, 0.4) is 0 Å². The highest BCUT2D eigenvalue weighted by atomic mass is 19.4. The molecule has 3 atom stereocenters. The molecule has 0 aliphatic carbocycles. The summed E-state index contributed by atoms with van der Waals surface area (Å²) in [4.78, 5) is 17.1. The number of halogens is 4. The van der Waals surface area contributed by atoms with E-state index < -0.39 is 47.4 Å². The van der Waals surface area contributed by atoms with Gasteiger partial charge in [-0.05, 0) is 61.9 Å². The number of amides is 1. The number of nitrogens with zero attached hydrogens (tertiary/aromatic N) is 1. The van der Waals surface area contributed by atoms with E-state index in [1.165, 1.54) is 44.4 Å². The van der Waals surface area contributed by atoms with Crippen molar-refractivity contribution in [1.82, 2.24) is 10.3 Å². The lowest BCUT2D eigenvalue weighted by molar-refractivity contribution is -0.265. The van der Waals surface area contributed by atoms with Gasteiger partial charge in [0.2, 0.25) is 5.60 Å². The Morgan fingerprint density at radius 3 is 2.48 bits per heavy atom. The first-order chi connectivity index (χ1) is 19.7. The number of carbonyl (C=O) groups excluding carboxylic acids is 1. The second-order valence-electron chi connectivity index (χ2n) is 10.1. The van der Waals surface area contributed by atoms with Crippen LogP contribution in [0.4, 0.5) is 17.6 Å². The van der Waals surface area contributed by atoms with Crippen LogP contribution in [0.25, 0.3) is 11.3 Å². The van der Waals surface area contributed by atoms with Gasteiger partial charge in [-0.2, -0.15) is 13.2 Å². The number of alkyl halides is 3. The molecule has 2 heterocycles. The van der Waals surface area contributed by atoms with Gasteiger partial charge in [-0.25, -0.2) is 9.37 Å². The fraction of sp³-hybridized carbons (Fsp3) is 0.379. The number of aliphatic hydroxyl groups excluding tert-OH is 1. The molecule has 9 nitrogen and oxygen atoms in total. The standard InChI is InChI=1S/C29H31F4N3O6/c1-4-27(34)15-42-25-20(27)12-23(36-24(25)17-5-8-19(30)9-6-17)28(39,29(31,32)33)14-35-26(38)18-7-10-21(22(11-18)40-3)41-13-16(2)37/h5-12,16,37,39H,4,13-15,34H2,1-3H3,(H,35,38)/t16-,27-,28?/m1/s1. The lowest BCUT2D eigenvalue weighted by Crippen LogP contribution is -2.51. The number of nitrogens with two attached hydrogens (primary N) is 1. The Kier molecular flexibility index (Phi) is 8.67. The summed E-state index contributed by atoms with van der Waals surface area (Å²) in [5, 5.41) is 22.7. The van der Waals surface area contributed by atoms with E-state index in [-0.39, 0.29) is 52.8 Å². The third kappa shape index (κ3) is 5.98. The van der Waals surface area contributed by atoms with Crippen molar-refractivity contribution in [2.75, 3.05) is 26.9 Å². The van der Waals surface area contributed by atoms with Gasteiger partial charge in [-0.15, -0.1) is 0 Å². The molecule has 42 heavy (non-hydrogen) atoms. The number of ether oxygens (including phenoxy) is 3. The number of aromatic nitrogens is 1. The van der Waals surface area contributed by atoms with Crippen molar-refractivity contribution >= 4 is 5.91 Å². The van der Waals surface area contributed by atoms with Gasteiger partial charge in [0, 0.05) is 16.7 Å². The fourth-order valence-corrected chi connectivity index (χ4v) is 4.42. The summed E-state index contributed by atoms with van der Waals surface area (Å²) in [5.74, 6) is -1.06. The average Bonchev–Trinajstić information content (AvgIpc) is 3.30. The van der Waals surface area contributed by atoms with Crippen LogP contribution in [-0.2, 0) is 11.1 Å². The molecule has 1 aliphatic heterocycles. The number of benzene rings is 2. The number of fused-ring (bicyclic) bond motifs is 1. The van der Waals surface area contributed by atoms with Crippen molar-refractivity contribution < 1.29 is 46.8 Å². The maximum atomic E-state index is 14.6. The first kappa shape index (κ1) is 31.0. The van der Waals surface area contributed by atoms with Crippen LogP contribution in [-0.4, -0.2) is 60.3 Å². The van der Waals surface area contributed by atoms with E-state index in [9.17, 15) is 32.6 Å². The van der Waals surface area contributed by atoms with Gasteiger partial charge in [0.1, 0.15) is 24.7 Å². The predicted octanol–water partition coefficient (Wildman–Crippen LogP) is 3.79. The van der Waals surface area contributed by atoms with Crippen LogP contribution < -0.4 is 25.3 Å². The van der Waals surface area contributed by atoms with E-state index in [4.69, 9.17) is 19.9 Å². The van der Waals surface area contributed by atoms with E-state index in [1.807, 2.05) is 0 Å². The van der Waals surface area contributed by atoms with Gasteiger partial charge in [0.25, 0.3) is 5.91 Å². The van der Waals surface area contributed by atoms with Gasteiger partial charge in [0.05, 0.1) is 31.0 Å². The maximum Gasteiger partial charge on any atom is 0.424 e. The van der Waals surface area contributed by atoms with Gasteiger partial charge in [-0.1, -0.05) is 6.92 Å². The van der Waals surface area contributed by atoms with E-state index in [1.54, 1.807) is 6.92 Å². The van der Waals surface area contributed by atoms with Gasteiger partial charge < -0.3 is 35.5 Å². The number of carbonyl (C=O) groups is 1. The van der Waals surface area contributed by atoms with Gasteiger partial charge in [-0.3, -0.25) is 4.79 Å². The number of pyridine rings is 1. The van der Waals surface area contributed by atoms with E-state index in [0.29, 0.717) is 6.42 Å². The normalized spacial score (nSPS) is 18.4. The van der Waals surface area contributed by atoms with E-state index in [0.717, 1.165) is 18.2 Å². The summed E-state index contributed by atoms with van der Waals surface area (Å²) in [6.45, 7) is 1.86. The molecule has 0 saturated heterocycles.